The van der Waals surface area contributed by atoms with E-state index in [1.807, 2.05) is 19.1 Å². The van der Waals surface area contributed by atoms with Crippen LogP contribution in [0.2, 0.25) is 0 Å². The fourth-order valence-corrected chi connectivity index (χ4v) is 1.58. The summed E-state index contributed by atoms with van der Waals surface area (Å²) in [6.45, 7) is 1.91. The Morgan fingerprint density at radius 3 is 2.88 bits per heavy atom. The zero-order chi connectivity index (χ0) is 12.3. The zero-order valence-electron chi connectivity index (χ0n) is 9.27. The van der Waals surface area contributed by atoms with Crippen LogP contribution in [0.25, 0.3) is 0 Å². The molecule has 0 fully saturated rings. The summed E-state index contributed by atoms with van der Waals surface area (Å²) in [6, 6.07) is 9.58. The first-order valence-corrected chi connectivity index (χ1v) is 5.20. The van der Waals surface area contributed by atoms with Gasteiger partial charge in [0, 0.05) is 0 Å². The van der Waals surface area contributed by atoms with Crippen molar-refractivity contribution >= 4 is 5.69 Å². The van der Waals surface area contributed by atoms with Gasteiger partial charge in [0.05, 0.1) is 23.6 Å². The Morgan fingerprint density at radius 2 is 2.24 bits per heavy atom. The van der Waals surface area contributed by atoms with Gasteiger partial charge in [0.1, 0.15) is 17.6 Å². The Labute approximate surface area is 98.5 Å². The fraction of sp³-hybridized carbons (Fsp3) is 0.154. The molecule has 4 heteroatoms. The number of hydrogen-bond donors (Lipinski definition) is 1. The molecule has 1 N–H and O–H groups in total. The van der Waals surface area contributed by atoms with Crippen molar-refractivity contribution in [3.05, 3.63) is 53.7 Å². The molecule has 0 bridgehead atoms. The summed E-state index contributed by atoms with van der Waals surface area (Å²) in [7, 11) is 0. The van der Waals surface area contributed by atoms with E-state index in [0.29, 0.717) is 5.69 Å². The third-order valence-electron chi connectivity index (χ3n) is 2.44. The maximum Gasteiger partial charge on any atom is 0.125 e. The van der Waals surface area contributed by atoms with Crippen LogP contribution in [-0.4, -0.2) is 0 Å². The average Bonchev–Trinajstić information content (AvgIpc) is 2.85. The molecule has 0 spiro atoms. The number of rotatable bonds is 3. The van der Waals surface area contributed by atoms with Gasteiger partial charge >= 0.3 is 0 Å². The van der Waals surface area contributed by atoms with E-state index in [0.717, 1.165) is 5.76 Å². The first-order chi connectivity index (χ1) is 8.20. The second kappa shape index (κ2) is 4.71. The number of nitrogens with zero attached hydrogens (tertiary/aromatic N) is 1. The molecule has 1 heterocycles. The minimum absolute atomic E-state index is 0.0810. The largest absolute Gasteiger partial charge is 0.467 e. The van der Waals surface area contributed by atoms with Crippen LogP contribution in [0, 0.1) is 17.1 Å². The second-order valence-electron chi connectivity index (χ2n) is 3.68. The Kier molecular flexibility index (Phi) is 3.10. The van der Waals surface area contributed by atoms with Crippen molar-refractivity contribution in [1.82, 2.24) is 0 Å². The molecule has 3 nitrogen and oxygen atoms in total. The van der Waals surface area contributed by atoms with Crippen LogP contribution in [0.4, 0.5) is 10.1 Å². The maximum atomic E-state index is 12.9. The lowest BCUT2D eigenvalue weighted by Crippen LogP contribution is -2.07. The highest BCUT2D eigenvalue weighted by molar-refractivity contribution is 5.58. The molecule has 0 aliphatic heterocycles. The van der Waals surface area contributed by atoms with Crippen molar-refractivity contribution in [2.24, 2.45) is 0 Å². The number of halogens is 1. The highest BCUT2D eigenvalue weighted by Gasteiger charge is 2.10. The van der Waals surface area contributed by atoms with Crippen molar-refractivity contribution in [2.75, 3.05) is 5.32 Å². The van der Waals surface area contributed by atoms with E-state index in [1.54, 1.807) is 18.4 Å². The van der Waals surface area contributed by atoms with E-state index in [9.17, 15) is 4.39 Å². The molecule has 1 unspecified atom stereocenters. The van der Waals surface area contributed by atoms with Gasteiger partial charge in [-0.2, -0.15) is 5.26 Å². The van der Waals surface area contributed by atoms with Gasteiger partial charge < -0.3 is 9.73 Å². The summed E-state index contributed by atoms with van der Waals surface area (Å²) in [5, 5.41) is 12.0. The first kappa shape index (κ1) is 11.2. The highest BCUT2D eigenvalue weighted by atomic mass is 19.1. The molecule has 1 aromatic heterocycles. The van der Waals surface area contributed by atoms with Gasteiger partial charge in [0.25, 0.3) is 0 Å². The summed E-state index contributed by atoms with van der Waals surface area (Å²) in [5.74, 6) is 0.343. The lowest BCUT2D eigenvalue weighted by Gasteiger charge is -2.13. The van der Waals surface area contributed by atoms with Crippen LogP contribution < -0.4 is 5.32 Å². The molecule has 2 aromatic rings. The Balaban J connectivity index is 2.22. The Bertz CT molecular complexity index is 543. The van der Waals surface area contributed by atoms with Crippen LogP contribution in [-0.2, 0) is 0 Å². The van der Waals surface area contributed by atoms with Crippen LogP contribution in [0.1, 0.15) is 24.3 Å². The van der Waals surface area contributed by atoms with Gasteiger partial charge in [-0.05, 0) is 37.3 Å². The summed E-state index contributed by atoms with van der Waals surface area (Å²) < 4.78 is 18.2. The van der Waals surface area contributed by atoms with Crippen LogP contribution in [0.15, 0.2) is 41.0 Å². The van der Waals surface area contributed by atoms with E-state index < -0.39 is 5.82 Å². The first-order valence-electron chi connectivity index (χ1n) is 5.20. The number of benzene rings is 1. The molecule has 1 atom stereocenters. The predicted octanol–water partition coefficient (Wildman–Crippen LogP) is 3.46. The maximum absolute atomic E-state index is 12.9. The minimum atomic E-state index is -0.419. The van der Waals surface area contributed by atoms with Crippen molar-refractivity contribution in [1.29, 1.82) is 5.26 Å². The SMILES string of the molecule is CC(Nc1ccc(F)cc1C#N)c1ccco1. The summed E-state index contributed by atoms with van der Waals surface area (Å²) in [6.07, 6.45) is 1.59. The highest BCUT2D eigenvalue weighted by Crippen LogP contribution is 2.22. The van der Waals surface area contributed by atoms with E-state index in [2.05, 4.69) is 5.32 Å². The molecule has 1 aromatic carbocycles. The molecule has 0 amide bonds. The van der Waals surface area contributed by atoms with Crippen molar-refractivity contribution in [3.8, 4) is 6.07 Å². The van der Waals surface area contributed by atoms with Crippen LogP contribution >= 0.6 is 0 Å². The molecule has 0 saturated carbocycles. The summed E-state index contributed by atoms with van der Waals surface area (Å²) in [5.41, 5.74) is 0.876. The number of nitriles is 1. The molecule has 0 aliphatic carbocycles. The van der Waals surface area contributed by atoms with Crippen LogP contribution in [0.3, 0.4) is 0 Å². The average molecular weight is 230 g/mol. The van der Waals surface area contributed by atoms with Gasteiger partial charge in [-0.1, -0.05) is 0 Å². The molecule has 2 rings (SSSR count). The van der Waals surface area contributed by atoms with Gasteiger partial charge in [0.15, 0.2) is 0 Å². The van der Waals surface area contributed by atoms with Crippen molar-refractivity contribution < 1.29 is 8.81 Å². The molecule has 86 valence electrons. The van der Waals surface area contributed by atoms with Gasteiger partial charge in [-0.3, -0.25) is 0 Å². The minimum Gasteiger partial charge on any atom is -0.467 e. The van der Waals surface area contributed by atoms with Crippen molar-refractivity contribution in [3.63, 3.8) is 0 Å². The van der Waals surface area contributed by atoms with Crippen molar-refractivity contribution in [2.45, 2.75) is 13.0 Å². The molecule has 17 heavy (non-hydrogen) atoms. The van der Waals surface area contributed by atoms with Gasteiger partial charge in [0.2, 0.25) is 0 Å². The van der Waals surface area contributed by atoms with E-state index in [-0.39, 0.29) is 11.6 Å². The Morgan fingerprint density at radius 1 is 1.41 bits per heavy atom. The standard InChI is InChI=1S/C13H11FN2O/c1-9(13-3-2-6-17-13)16-12-5-4-11(14)7-10(12)8-15/h2-7,9,16H,1H3. The third-order valence-corrected chi connectivity index (χ3v) is 2.44. The number of nitrogens with one attached hydrogen (secondary N) is 1. The number of furan rings is 1. The normalized spacial score (nSPS) is 11.8. The van der Waals surface area contributed by atoms with Crippen LogP contribution in [0.5, 0.6) is 0 Å². The molecule has 0 radical (unpaired) electrons. The Hall–Kier alpha value is -2.28. The topological polar surface area (TPSA) is 49.0 Å². The summed E-state index contributed by atoms with van der Waals surface area (Å²) >= 11 is 0. The molecule has 0 saturated heterocycles. The van der Waals surface area contributed by atoms with E-state index >= 15 is 0 Å². The van der Waals surface area contributed by atoms with Gasteiger partial charge in [-0.25, -0.2) is 4.39 Å². The fourth-order valence-electron chi connectivity index (χ4n) is 1.58. The lowest BCUT2D eigenvalue weighted by atomic mass is 10.1. The number of anilines is 1. The number of hydrogen-bond acceptors (Lipinski definition) is 3. The van der Waals surface area contributed by atoms with E-state index in [4.69, 9.17) is 9.68 Å². The van der Waals surface area contributed by atoms with E-state index in [1.165, 1.54) is 12.1 Å². The lowest BCUT2D eigenvalue weighted by molar-refractivity contribution is 0.490. The smallest absolute Gasteiger partial charge is 0.125 e. The predicted molar refractivity (Wildman–Crippen MR) is 61.9 cm³/mol. The molecular weight excluding hydrogens is 219 g/mol. The monoisotopic (exact) mass is 230 g/mol. The molecular formula is C13H11FN2O. The molecule has 0 aliphatic rings. The second-order valence-corrected chi connectivity index (χ2v) is 3.68. The quantitative estimate of drug-likeness (QED) is 0.878. The summed E-state index contributed by atoms with van der Waals surface area (Å²) in [4.78, 5) is 0. The third kappa shape index (κ3) is 2.45. The zero-order valence-corrected chi connectivity index (χ0v) is 9.27. The van der Waals surface area contributed by atoms with Gasteiger partial charge in [-0.15, -0.1) is 0 Å².